The SMILES string of the molecule is CCC(CO)(CO)NC(C)C1CCN(C)CC1. The number of piperidine rings is 1. The van der Waals surface area contributed by atoms with Crippen molar-refractivity contribution in [3.05, 3.63) is 0 Å². The normalized spacial score (nSPS) is 21.7. The quantitative estimate of drug-likeness (QED) is 0.634. The first-order valence-corrected chi connectivity index (χ1v) is 6.75. The van der Waals surface area contributed by atoms with Crippen LogP contribution in [0.25, 0.3) is 0 Å². The smallest absolute Gasteiger partial charge is 0.0647 e. The molecule has 0 aliphatic carbocycles. The zero-order chi connectivity index (χ0) is 12.9. The molecule has 1 heterocycles. The number of nitrogens with zero attached hydrogens (tertiary/aromatic N) is 1. The molecule has 3 N–H and O–H groups in total. The highest BCUT2D eigenvalue weighted by atomic mass is 16.3. The van der Waals surface area contributed by atoms with Crippen molar-refractivity contribution in [1.29, 1.82) is 0 Å². The van der Waals surface area contributed by atoms with E-state index in [9.17, 15) is 10.2 Å². The summed E-state index contributed by atoms with van der Waals surface area (Å²) in [5.74, 6) is 0.648. The summed E-state index contributed by atoms with van der Waals surface area (Å²) in [7, 11) is 2.16. The number of aliphatic hydroxyl groups excluding tert-OH is 2. The minimum Gasteiger partial charge on any atom is -0.394 e. The Kier molecular flexibility index (Phi) is 5.86. The molecule has 0 bridgehead atoms. The highest BCUT2D eigenvalue weighted by Gasteiger charge is 2.31. The van der Waals surface area contributed by atoms with Crippen LogP contribution in [0.2, 0.25) is 0 Å². The highest BCUT2D eigenvalue weighted by molar-refractivity contribution is 4.90. The van der Waals surface area contributed by atoms with Gasteiger partial charge in [0.15, 0.2) is 0 Å². The number of rotatable bonds is 6. The molecule has 0 spiro atoms. The third-order valence-corrected chi connectivity index (χ3v) is 4.29. The Labute approximate surface area is 105 Å². The Morgan fingerprint density at radius 3 is 2.24 bits per heavy atom. The second-order valence-electron chi connectivity index (χ2n) is 5.52. The summed E-state index contributed by atoms with van der Waals surface area (Å²) in [5, 5.41) is 22.3. The molecule has 1 aliphatic rings. The van der Waals surface area contributed by atoms with E-state index in [0.717, 1.165) is 19.5 Å². The molecule has 1 atom stereocenters. The molecule has 4 nitrogen and oxygen atoms in total. The number of hydrogen-bond acceptors (Lipinski definition) is 4. The molecule has 0 radical (unpaired) electrons. The van der Waals surface area contributed by atoms with Crippen LogP contribution >= 0.6 is 0 Å². The largest absolute Gasteiger partial charge is 0.394 e. The first-order valence-electron chi connectivity index (χ1n) is 6.75. The fourth-order valence-corrected chi connectivity index (χ4v) is 2.60. The molecular formula is C13H28N2O2. The van der Waals surface area contributed by atoms with Crippen molar-refractivity contribution in [2.75, 3.05) is 33.4 Å². The number of aliphatic hydroxyl groups is 2. The maximum Gasteiger partial charge on any atom is 0.0647 e. The lowest BCUT2D eigenvalue weighted by molar-refractivity contribution is 0.0647. The molecule has 1 aliphatic heterocycles. The van der Waals surface area contributed by atoms with E-state index >= 15 is 0 Å². The Balaban J connectivity index is 2.49. The van der Waals surface area contributed by atoms with E-state index < -0.39 is 5.54 Å². The van der Waals surface area contributed by atoms with E-state index in [2.05, 4.69) is 24.2 Å². The molecule has 0 saturated carbocycles. The molecule has 0 aromatic heterocycles. The first-order chi connectivity index (χ1) is 8.06. The third kappa shape index (κ3) is 3.91. The molecular weight excluding hydrogens is 216 g/mol. The summed E-state index contributed by atoms with van der Waals surface area (Å²) in [4.78, 5) is 2.36. The lowest BCUT2D eigenvalue weighted by Crippen LogP contribution is -2.57. The van der Waals surface area contributed by atoms with E-state index in [1.807, 2.05) is 6.92 Å². The van der Waals surface area contributed by atoms with Crippen LogP contribution in [0.4, 0.5) is 0 Å². The van der Waals surface area contributed by atoms with Crippen LogP contribution in [-0.4, -0.2) is 60.0 Å². The van der Waals surface area contributed by atoms with Crippen molar-refractivity contribution in [3.63, 3.8) is 0 Å². The molecule has 1 rings (SSSR count). The highest BCUT2D eigenvalue weighted by Crippen LogP contribution is 2.22. The van der Waals surface area contributed by atoms with Crippen LogP contribution in [0.5, 0.6) is 0 Å². The molecule has 0 aromatic carbocycles. The second-order valence-corrected chi connectivity index (χ2v) is 5.52. The molecule has 1 fully saturated rings. The summed E-state index contributed by atoms with van der Waals surface area (Å²) in [6.07, 6.45) is 3.14. The average Bonchev–Trinajstić information content (AvgIpc) is 2.37. The van der Waals surface area contributed by atoms with Gasteiger partial charge in [-0.25, -0.2) is 0 Å². The van der Waals surface area contributed by atoms with Crippen molar-refractivity contribution in [2.24, 2.45) is 5.92 Å². The third-order valence-electron chi connectivity index (χ3n) is 4.29. The Hall–Kier alpha value is -0.160. The van der Waals surface area contributed by atoms with Gasteiger partial charge in [-0.05, 0) is 52.2 Å². The van der Waals surface area contributed by atoms with Gasteiger partial charge in [0, 0.05) is 6.04 Å². The number of nitrogens with one attached hydrogen (secondary N) is 1. The first kappa shape index (κ1) is 14.9. The van der Waals surface area contributed by atoms with Gasteiger partial charge in [0.2, 0.25) is 0 Å². The van der Waals surface area contributed by atoms with Crippen LogP contribution in [-0.2, 0) is 0 Å². The van der Waals surface area contributed by atoms with Gasteiger partial charge in [0.05, 0.1) is 18.8 Å². The van der Waals surface area contributed by atoms with Gasteiger partial charge in [0.25, 0.3) is 0 Å². The van der Waals surface area contributed by atoms with Crippen LogP contribution in [0.1, 0.15) is 33.1 Å². The number of hydrogen-bond donors (Lipinski definition) is 3. The summed E-state index contributed by atoms with van der Waals surface area (Å²) in [6.45, 7) is 6.46. The van der Waals surface area contributed by atoms with Gasteiger partial charge < -0.3 is 20.4 Å². The topological polar surface area (TPSA) is 55.7 Å². The fraction of sp³-hybridized carbons (Fsp3) is 1.00. The van der Waals surface area contributed by atoms with E-state index in [1.54, 1.807) is 0 Å². The van der Waals surface area contributed by atoms with Crippen LogP contribution in [0.3, 0.4) is 0 Å². The van der Waals surface area contributed by atoms with Gasteiger partial charge in [-0.2, -0.15) is 0 Å². The van der Waals surface area contributed by atoms with Crippen molar-refractivity contribution < 1.29 is 10.2 Å². The predicted octanol–water partition coefficient (Wildman–Crippen LogP) is 0.440. The lowest BCUT2D eigenvalue weighted by atomic mass is 9.87. The molecule has 0 amide bonds. The molecule has 1 unspecified atom stereocenters. The van der Waals surface area contributed by atoms with Crippen molar-refractivity contribution >= 4 is 0 Å². The van der Waals surface area contributed by atoms with Gasteiger partial charge in [-0.1, -0.05) is 6.92 Å². The second kappa shape index (κ2) is 6.69. The minimum atomic E-state index is -0.511. The van der Waals surface area contributed by atoms with E-state index in [1.165, 1.54) is 12.8 Å². The zero-order valence-corrected chi connectivity index (χ0v) is 11.4. The standard InChI is InChI=1S/C13H28N2O2/c1-4-13(9-16,10-17)14-11(2)12-5-7-15(3)8-6-12/h11-12,14,16-17H,4-10H2,1-3H3. The van der Waals surface area contributed by atoms with E-state index in [4.69, 9.17) is 0 Å². The maximum atomic E-state index is 9.44. The van der Waals surface area contributed by atoms with Gasteiger partial charge in [-0.15, -0.1) is 0 Å². The minimum absolute atomic E-state index is 0.00301. The summed E-state index contributed by atoms with van der Waals surface area (Å²) < 4.78 is 0. The van der Waals surface area contributed by atoms with Crippen molar-refractivity contribution in [1.82, 2.24) is 10.2 Å². The predicted molar refractivity (Wildman–Crippen MR) is 70.0 cm³/mol. The average molecular weight is 244 g/mol. The Morgan fingerprint density at radius 1 is 1.29 bits per heavy atom. The summed E-state index contributed by atoms with van der Waals surface area (Å²) in [6, 6.07) is 0.350. The monoisotopic (exact) mass is 244 g/mol. The van der Waals surface area contributed by atoms with Crippen molar-refractivity contribution in [2.45, 2.75) is 44.7 Å². The molecule has 0 aromatic rings. The molecule has 1 saturated heterocycles. The molecule has 4 heteroatoms. The zero-order valence-electron chi connectivity index (χ0n) is 11.4. The van der Waals surface area contributed by atoms with Gasteiger partial charge in [-0.3, -0.25) is 0 Å². The maximum absolute atomic E-state index is 9.44. The van der Waals surface area contributed by atoms with Crippen LogP contribution in [0.15, 0.2) is 0 Å². The molecule has 17 heavy (non-hydrogen) atoms. The summed E-state index contributed by atoms with van der Waals surface area (Å²) >= 11 is 0. The lowest BCUT2D eigenvalue weighted by Gasteiger charge is -2.39. The molecule has 102 valence electrons. The van der Waals surface area contributed by atoms with Crippen LogP contribution < -0.4 is 5.32 Å². The van der Waals surface area contributed by atoms with Gasteiger partial charge >= 0.3 is 0 Å². The fourth-order valence-electron chi connectivity index (χ4n) is 2.60. The van der Waals surface area contributed by atoms with Gasteiger partial charge in [0.1, 0.15) is 0 Å². The Bertz CT molecular complexity index is 203. The van der Waals surface area contributed by atoms with E-state index in [-0.39, 0.29) is 13.2 Å². The van der Waals surface area contributed by atoms with Crippen LogP contribution in [0, 0.1) is 5.92 Å². The van der Waals surface area contributed by atoms with E-state index in [0.29, 0.717) is 12.0 Å². The van der Waals surface area contributed by atoms with Crippen molar-refractivity contribution in [3.8, 4) is 0 Å². The number of likely N-dealkylation sites (tertiary alicyclic amines) is 1. The summed E-state index contributed by atoms with van der Waals surface area (Å²) in [5.41, 5.74) is -0.511. The Morgan fingerprint density at radius 2 is 1.82 bits per heavy atom.